The molecule has 1 aromatic heterocycles. The Labute approximate surface area is 125 Å². The minimum Gasteiger partial charge on any atom is -0.347 e. The number of nitrogens with one attached hydrogen (secondary N) is 1. The number of amides is 1. The van der Waals surface area contributed by atoms with Crippen LogP contribution in [0.5, 0.6) is 0 Å². The van der Waals surface area contributed by atoms with Crippen LogP contribution in [0.4, 0.5) is 0 Å². The SMILES string of the molecule is CCn1cccc1C(=O)NCc1cccc(C#CCN)c1. The number of rotatable bonds is 4. The number of aromatic nitrogens is 1. The van der Waals surface area contributed by atoms with Crippen molar-refractivity contribution in [1.82, 2.24) is 9.88 Å². The fraction of sp³-hybridized carbons (Fsp3) is 0.235. The molecule has 4 heteroatoms. The molecule has 0 aliphatic heterocycles. The number of nitrogens with zero attached hydrogens (tertiary/aromatic N) is 1. The Balaban J connectivity index is 2.01. The minimum absolute atomic E-state index is 0.0692. The predicted octanol–water partition coefficient (Wildman–Crippen LogP) is 1.75. The van der Waals surface area contributed by atoms with E-state index in [-0.39, 0.29) is 5.91 Å². The van der Waals surface area contributed by atoms with E-state index in [0.717, 1.165) is 17.7 Å². The Kier molecular flexibility index (Phi) is 5.19. The maximum atomic E-state index is 12.1. The summed E-state index contributed by atoms with van der Waals surface area (Å²) in [5, 5.41) is 2.93. The van der Waals surface area contributed by atoms with Crippen LogP contribution in [0, 0.1) is 11.8 Å². The van der Waals surface area contributed by atoms with E-state index in [1.54, 1.807) is 0 Å². The van der Waals surface area contributed by atoms with Crippen molar-refractivity contribution in [3.8, 4) is 11.8 Å². The quantitative estimate of drug-likeness (QED) is 0.839. The molecule has 4 nitrogen and oxygen atoms in total. The standard InChI is InChI=1S/C17H19N3O/c1-2-20-11-5-9-16(20)17(21)19-13-15-7-3-6-14(12-15)8-4-10-18/h3,5-7,9,11-12H,2,10,13,18H2,1H3,(H,19,21). The smallest absolute Gasteiger partial charge is 0.268 e. The Morgan fingerprint density at radius 1 is 1.33 bits per heavy atom. The normalized spacial score (nSPS) is 9.81. The van der Waals surface area contributed by atoms with E-state index in [9.17, 15) is 4.79 Å². The van der Waals surface area contributed by atoms with Crippen LogP contribution in [0.15, 0.2) is 42.6 Å². The Morgan fingerprint density at radius 2 is 2.19 bits per heavy atom. The molecule has 1 heterocycles. The molecule has 1 amide bonds. The number of hydrogen-bond donors (Lipinski definition) is 2. The molecule has 0 saturated heterocycles. The Morgan fingerprint density at radius 3 is 2.95 bits per heavy atom. The van der Waals surface area contributed by atoms with Crippen LogP contribution in [0.3, 0.4) is 0 Å². The molecule has 21 heavy (non-hydrogen) atoms. The van der Waals surface area contributed by atoms with Crippen LogP contribution in [-0.4, -0.2) is 17.0 Å². The van der Waals surface area contributed by atoms with E-state index in [1.807, 2.05) is 54.1 Å². The van der Waals surface area contributed by atoms with Gasteiger partial charge in [0.15, 0.2) is 0 Å². The lowest BCUT2D eigenvalue weighted by Gasteiger charge is -2.08. The highest BCUT2D eigenvalue weighted by molar-refractivity contribution is 5.92. The minimum atomic E-state index is -0.0692. The largest absolute Gasteiger partial charge is 0.347 e. The van der Waals surface area contributed by atoms with Gasteiger partial charge in [-0.15, -0.1) is 0 Å². The molecule has 0 unspecified atom stereocenters. The highest BCUT2D eigenvalue weighted by Crippen LogP contribution is 2.06. The molecule has 0 radical (unpaired) electrons. The molecule has 2 rings (SSSR count). The van der Waals surface area contributed by atoms with Crippen molar-refractivity contribution < 1.29 is 4.79 Å². The van der Waals surface area contributed by atoms with Gasteiger partial charge in [0, 0.05) is 24.8 Å². The second-order valence-electron chi connectivity index (χ2n) is 4.57. The third-order valence-electron chi connectivity index (χ3n) is 3.12. The Bertz CT molecular complexity index is 677. The summed E-state index contributed by atoms with van der Waals surface area (Å²) in [6.45, 7) is 3.61. The number of carbonyl (C=O) groups is 1. The molecule has 0 aliphatic rings. The van der Waals surface area contributed by atoms with Gasteiger partial charge in [0.25, 0.3) is 5.91 Å². The lowest BCUT2D eigenvalue weighted by atomic mass is 10.1. The molecule has 0 fully saturated rings. The van der Waals surface area contributed by atoms with Gasteiger partial charge < -0.3 is 15.6 Å². The Hall–Kier alpha value is -2.51. The van der Waals surface area contributed by atoms with E-state index in [1.165, 1.54) is 0 Å². The maximum Gasteiger partial charge on any atom is 0.268 e. The summed E-state index contributed by atoms with van der Waals surface area (Å²) in [6.07, 6.45) is 1.90. The summed E-state index contributed by atoms with van der Waals surface area (Å²) in [4.78, 5) is 12.1. The second kappa shape index (κ2) is 7.32. The van der Waals surface area contributed by atoms with Crippen LogP contribution < -0.4 is 11.1 Å². The molecule has 0 spiro atoms. The van der Waals surface area contributed by atoms with Gasteiger partial charge in [-0.3, -0.25) is 4.79 Å². The molecular weight excluding hydrogens is 262 g/mol. The monoisotopic (exact) mass is 281 g/mol. The first-order chi connectivity index (χ1) is 10.2. The van der Waals surface area contributed by atoms with Crippen LogP contribution in [0.2, 0.25) is 0 Å². The summed E-state index contributed by atoms with van der Waals surface area (Å²) in [5.41, 5.74) is 7.96. The maximum absolute atomic E-state index is 12.1. The van der Waals surface area contributed by atoms with Crippen molar-refractivity contribution in [2.24, 2.45) is 5.73 Å². The van der Waals surface area contributed by atoms with Gasteiger partial charge in [0.2, 0.25) is 0 Å². The fourth-order valence-corrected chi connectivity index (χ4v) is 2.08. The molecule has 2 aromatic rings. The highest BCUT2D eigenvalue weighted by atomic mass is 16.1. The lowest BCUT2D eigenvalue weighted by molar-refractivity contribution is 0.0941. The van der Waals surface area contributed by atoms with Gasteiger partial charge in [-0.2, -0.15) is 0 Å². The van der Waals surface area contributed by atoms with E-state index >= 15 is 0 Å². The molecular formula is C17H19N3O. The zero-order chi connectivity index (χ0) is 15.1. The van der Waals surface area contributed by atoms with E-state index in [4.69, 9.17) is 5.73 Å². The zero-order valence-electron chi connectivity index (χ0n) is 12.1. The van der Waals surface area contributed by atoms with Crippen molar-refractivity contribution in [2.75, 3.05) is 6.54 Å². The van der Waals surface area contributed by atoms with E-state index in [0.29, 0.717) is 18.8 Å². The van der Waals surface area contributed by atoms with Gasteiger partial charge in [-0.25, -0.2) is 0 Å². The number of carbonyl (C=O) groups excluding carboxylic acids is 1. The predicted molar refractivity (Wildman–Crippen MR) is 83.7 cm³/mol. The number of nitrogens with two attached hydrogens (primary N) is 1. The van der Waals surface area contributed by atoms with Crippen molar-refractivity contribution in [3.05, 3.63) is 59.4 Å². The lowest BCUT2D eigenvalue weighted by Crippen LogP contribution is -2.25. The third-order valence-corrected chi connectivity index (χ3v) is 3.12. The molecule has 0 bridgehead atoms. The van der Waals surface area contributed by atoms with Crippen LogP contribution in [0.1, 0.15) is 28.5 Å². The van der Waals surface area contributed by atoms with Gasteiger partial charge in [-0.05, 0) is 36.8 Å². The highest BCUT2D eigenvalue weighted by Gasteiger charge is 2.09. The van der Waals surface area contributed by atoms with Gasteiger partial charge in [-0.1, -0.05) is 24.0 Å². The first-order valence-corrected chi connectivity index (χ1v) is 6.95. The van der Waals surface area contributed by atoms with Gasteiger partial charge >= 0.3 is 0 Å². The molecule has 0 saturated carbocycles. The zero-order valence-corrected chi connectivity index (χ0v) is 12.1. The molecule has 0 atom stereocenters. The van der Waals surface area contributed by atoms with Crippen molar-refractivity contribution >= 4 is 5.91 Å². The van der Waals surface area contributed by atoms with Crippen molar-refractivity contribution in [2.45, 2.75) is 20.0 Å². The van der Waals surface area contributed by atoms with Crippen LogP contribution >= 0.6 is 0 Å². The molecule has 3 N–H and O–H groups in total. The molecule has 0 aliphatic carbocycles. The summed E-state index contributed by atoms with van der Waals surface area (Å²) in [6, 6.07) is 11.5. The topological polar surface area (TPSA) is 60.0 Å². The average Bonchev–Trinajstić information content (AvgIpc) is 2.99. The van der Waals surface area contributed by atoms with Crippen LogP contribution in [0.25, 0.3) is 0 Å². The number of hydrogen-bond acceptors (Lipinski definition) is 2. The van der Waals surface area contributed by atoms with Crippen molar-refractivity contribution in [1.29, 1.82) is 0 Å². The summed E-state index contributed by atoms with van der Waals surface area (Å²) in [5.74, 6) is 5.74. The first kappa shape index (κ1) is 14.9. The van der Waals surface area contributed by atoms with Crippen molar-refractivity contribution in [3.63, 3.8) is 0 Å². The van der Waals surface area contributed by atoms with Gasteiger partial charge in [0.05, 0.1) is 6.54 Å². The summed E-state index contributed by atoms with van der Waals surface area (Å²) >= 11 is 0. The molecule has 1 aromatic carbocycles. The first-order valence-electron chi connectivity index (χ1n) is 6.95. The molecule has 108 valence electrons. The van der Waals surface area contributed by atoms with Gasteiger partial charge in [0.1, 0.15) is 5.69 Å². The summed E-state index contributed by atoms with van der Waals surface area (Å²) < 4.78 is 1.92. The third kappa shape index (κ3) is 3.98. The number of aryl methyl sites for hydroxylation is 1. The van der Waals surface area contributed by atoms with Crippen LogP contribution in [-0.2, 0) is 13.1 Å². The van der Waals surface area contributed by atoms with E-state index < -0.39 is 0 Å². The fourth-order valence-electron chi connectivity index (χ4n) is 2.08. The second-order valence-corrected chi connectivity index (χ2v) is 4.57. The van der Waals surface area contributed by atoms with E-state index in [2.05, 4.69) is 17.2 Å². The summed E-state index contributed by atoms with van der Waals surface area (Å²) in [7, 11) is 0. The number of benzene rings is 1. The average molecular weight is 281 g/mol.